The highest BCUT2D eigenvalue weighted by Crippen LogP contribution is 2.23. The molecule has 0 spiro atoms. The van der Waals surface area contributed by atoms with Gasteiger partial charge in [-0.05, 0) is 68.0 Å². The topological polar surface area (TPSA) is 59.2 Å². The van der Waals surface area contributed by atoms with Crippen LogP contribution in [0, 0.1) is 19.8 Å². The molecule has 1 fully saturated rings. The number of nitrogens with zero attached hydrogens (tertiary/aromatic N) is 6. The second-order valence-electron chi connectivity index (χ2n) is 9.19. The van der Waals surface area contributed by atoms with E-state index in [9.17, 15) is 0 Å². The molecule has 4 aromatic heterocycles. The second kappa shape index (κ2) is 8.69. The average molecular weight is 427 g/mol. The van der Waals surface area contributed by atoms with Crippen molar-refractivity contribution in [3.8, 4) is 0 Å². The van der Waals surface area contributed by atoms with Gasteiger partial charge in [0, 0.05) is 55.6 Å². The number of aromatic nitrogens is 5. The number of imidazole rings is 1. The summed E-state index contributed by atoms with van der Waals surface area (Å²) in [4.78, 5) is 21.5. The predicted octanol–water partition coefficient (Wildman–Crippen LogP) is 4.55. The molecule has 6 nitrogen and oxygen atoms in total. The number of pyridine rings is 2. The molecule has 0 amide bonds. The molecule has 1 aliphatic heterocycles. The molecule has 0 bridgehead atoms. The molecule has 0 aliphatic carbocycles. The number of aryl methyl sites for hydroxylation is 2. The van der Waals surface area contributed by atoms with Gasteiger partial charge in [-0.25, -0.2) is 15.0 Å². The van der Waals surface area contributed by atoms with Crippen molar-refractivity contribution in [3.63, 3.8) is 0 Å². The van der Waals surface area contributed by atoms with Crippen LogP contribution in [0.1, 0.15) is 53.8 Å². The smallest absolute Gasteiger partial charge is 0.136 e. The minimum Gasteiger partial charge on any atom is -0.356 e. The summed E-state index contributed by atoms with van der Waals surface area (Å²) in [6.07, 6.45) is 9.76. The van der Waals surface area contributed by atoms with E-state index in [4.69, 9.17) is 15.0 Å². The summed E-state index contributed by atoms with van der Waals surface area (Å²) in [6, 6.07) is 10.7. The Balaban J connectivity index is 1.49. The molecule has 0 aromatic carbocycles. The molecule has 1 atom stereocenters. The normalized spacial score (nSPS) is 16.6. The summed E-state index contributed by atoms with van der Waals surface area (Å²) in [5.41, 5.74) is 6.49. The molecular formula is C26H30N6. The van der Waals surface area contributed by atoms with Gasteiger partial charge in [-0.2, -0.15) is 0 Å². The third-order valence-electron chi connectivity index (χ3n) is 6.13. The summed E-state index contributed by atoms with van der Waals surface area (Å²) in [6.45, 7) is 8.59. The van der Waals surface area contributed by atoms with Crippen LogP contribution in [0.4, 0.5) is 5.82 Å². The van der Waals surface area contributed by atoms with Crippen LogP contribution in [0.15, 0.2) is 48.9 Å². The molecule has 6 heteroatoms. The molecule has 1 aliphatic rings. The molecule has 1 unspecified atom stereocenters. The van der Waals surface area contributed by atoms with Crippen LogP contribution in [0.25, 0.3) is 5.65 Å². The first kappa shape index (κ1) is 20.6. The zero-order chi connectivity index (χ0) is 22.1. The minimum absolute atomic E-state index is 0.645. The SMILES string of the molecule is Cc1cc(C)nc(Cc2nc(Cc3ccn4ccnc4c3)cc(N3CCCC(C)C3)n2)c1. The van der Waals surface area contributed by atoms with Crippen LogP contribution < -0.4 is 4.90 Å². The summed E-state index contributed by atoms with van der Waals surface area (Å²) in [5, 5.41) is 0. The highest BCUT2D eigenvalue weighted by Gasteiger charge is 2.19. The van der Waals surface area contributed by atoms with Crippen LogP contribution in [0.2, 0.25) is 0 Å². The number of piperidine rings is 1. The van der Waals surface area contributed by atoms with Gasteiger partial charge in [0.1, 0.15) is 17.3 Å². The maximum atomic E-state index is 4.99. The zero-order valence-electron chi connectivity index (χ0n) is 19.1. The fraction of sp³-hybridized carbons (Fsp3) is 0.385. The van der Waals surface area contributed by atoms with Crippen molar-refractivity contribution in [3.05, 3.63) is 83.0 Å². The van der Waals surface area contributed by atoms with E-state index in [2.05, 4.69) is 60.3 Å². The van der Waals surface area contributed by atoms with E-state index in [0.717, 1.165) is 53.9 Å². The molecule has 164 valence electrons. The van der Waals surface area contributed by atoms with Crippen LogP contribution in [0.3, 0.4) is 0 Å². The fourth-order valence-electron chi connectivity index (χ4n) is 4.71. The van der Waals surface area contributed by atoms with Gasteiger partial charge in [-0.3, -0.25) is 4.98 Å². The van der Waals surface area contributed by atoms with Gasteiger partial charge in [0.05, 0.1) is 12.1 Å². The van der Waals surface area contributed by atoms with Crippen molar-refractivity contribution in [1.82, 2.24) is 24.3 Å². The maximum Gasteiger partial charge on any atom is 0.136 e. The largest absolute Gasteiger partial charge is 0.356 e. The fourth-order valence-corrected chi connectivity index (χ4v) is 4.71. The molecular weight excluding hydrogens is 396 g/mol. The monoisotopic (exact) mass is 426 g/mol. The van der Waals surface area contributed by atoms with E-state index in [1.165, 1.54) is 24.0 Å². The van der Waals surface area contributed by atoms with Crippen LogP contribution in [-0.2, 0) is 12.8 Å². The maximum absolute atomic E-state index is 4.99. The number of hydrogen-bond acceptors (Lipinski definition) is 5. The first-order chi connectivity index (χ1) is 15.5. The van der Waals surface area contributed by atoms with Crippen molar-refractivity contribution in [2.24, 2.45) is 5.92 Å². The van der Waals surface area contributed by atoms with Gasteiger partial charge in [-0.15, -0.1) is 0 Å². The Labute approximate surface area is 189 Å². The van der Waals surface area contributed by atoms with E-state index < -0.39 is 0 Å². The van der Waals surface area contributed by atoms with Gasteiger partial charge < -0.3 is 9.30 Å². The molecule has 4 aromatic rings. The Morgan fingerprint density at radius 2 is 1.84 bits per heavy atom. The summed E-state index contributed by atoms with van der Waals surface area (Å²) in [5.74, 6) is 2.58. The minimum atomic E-state index is 0.645. The van der Waals surface area contributed by atoms with Crippen molar-refractivity contribution in [2.45, 2.75) is 46.5 Å². The second-order valence-corrected chi connectivity index (χ2v) is 9.19. The molecule has 0 saturated carbocycles. The third-order valence-corrected chi connectivity index (χ3v) is 6.13. The van der Waals surface area contributed by atoms with Crippen LogP contribution >= 0.6 is 0 Å². The average Bonchev–Trinajstić information content (AvgIpc) is 3.21. The van der Waals surface area contributed by atoms with Crippen LogP contribution in [-0.4, -0.2) is 37.4 Å². The lowest BCUT2D eigenvalue weighted by Crippen LogP contribution is -2.35. The van der Waals surface area contributed by atoms with Gasteiger partial charge in [0.15, 0.2) is 0 Å². The molecule has 5 rings (SSSR count). The van der Waals surface area contributed by atoms with Gasteiger partial charge in [0.25, 0.3) is 0 Å². The Bertz CT molecular complexity index is 1220. The van der Waals surface area contributed by atoms with Gasteiger partial charge in [0.2, 0.25) is 0 Å². The lowest BCUT2D eigenvalue weighted by molar-refractivity contribution is 0.444. The van der Waals surface area contributed by atoms with Crippen molar-refractivity contribution >= 4 is 11.5 Å². The lowest BCUT2D eigenvalue weighted by atomic mass is 10.0. The Morgan fingerprint density at radius 1 is 0.969 bits per heavy atom. The summed E-state index contributed by atoms with van der Waals surface area (Å²) < 4.78 is 2.03. The van der Waals surface area contributed by atoms with Gasteiger partial charge in [-0.1, -0.05) is 6.92 Å². The number of rotatable bonds is 5. The third kappa shape index (κ3) is 4.64. The molecule has 1 saturated heterocycles. The molecule has 0 N–H and O–H groups in total. The zero-order valence-corrected chi connectivity index (χ0v) is 19.1. The molecule has 0 radical (unpaired) electrons. The van der Waals surface area contributed by atoms with Crippen molar-refractivity contribution in [2.75, 3.05) is 18.0 Å². The Kier molecular flexibility index (Phi) is 5.60. The number of anilines is 1. The number of hydrogen-bond donors (Lipinski definition) is 0. The first-order valence-electron chi connectivity index (χ1n) is 11.5. The first-order valence-corrected chi connectivity index (χ1v) is 11.5. The standard InChI is InChI=1S/C26H30N6/c1-18-5-4-8-32(17-18)26-16-23(13-21-6-9-31-10-7-27-25(31)14-21)29-24(30-26)15-22-12-19(2)11-20(3)28-22/h6-7,9-12,14,16,18H,4-5,8,13,15,17H2,1-3H3. The van der Waals surface area contributed by atoms with E-state index in [-0.39, 0.29) is 0 Å². The highest BCUT2D eigenvalue weighted by atomic mass is 15.2. The van der Waals surface area contributed by atoms with E-state index in [0.29, 0.717) is 12.3 Å². The quantitative estimate of drug-likeness (QED) is 0.468. The van der Waals surface area contributed by atoms with Crippen LogP contribution in [0.5, 0.6) is 0 Å². The van der Waals surface area contributed by atoms with E-state index in [1.807, 2.05) is 23.7 Å². The Morgan fingerprint density at radius 3 is 2.69 bits per heavy atom. The van der Waals surface area contributed by atoms with Crippen molar-refractivity contribution < 1.29 is 0 Å². The van der Waals surface area contributed by atoms with Gasteiger partial charge >= 0.3 is 0 Å². The summed E-state index contributed by atoms with van der Waals surface area (Å²) >= 11 is 0. The van der Waals surface area contributed by atoms with Crippen molar-refractivity contribution in [1.29, 1.82) is 0 Å². The molecule has 5 heterocycles. The van der Waals surface area contributed by atoms with E-state index >= 15 is 0 Å². The lowest BCUT2D eigenvalue weighted by Gasteiger charge is -2.32. The highest BCUT2D eigenvalue weighted by molar-refractivity contribution is 5.45. The Hall–Kier alpha value is -3.28. The summed E-state index contributed by atoms with van der Waals surface area (Å²) in [7, 11) is 0. The predicted molar refractivity (Wildman–Crippen MR) is 127 cm³/mol. The number of fused-ring (bicyclic) bond motifs is 1. The van der Waals surface area contributed by atoms with E-state index in [1.54, 1.807) is 0 Å². The molecule has 32 heavy (non-hydrogen) atoms.